The number of ketones is 3. The van der Waals surface area contributed by atoms with Crippen molar-refractivity contribution in [3.05, 3.63) is 71.8 Å². The number of carbonyl (C=O) groups is 3. The normalized spacial score (nSPS) is 9.47. The van der Waals surface area contributed by atoms with Gasteiger partial charge in [-0.25, -0.2) is 0 Å². The Balaban J connectivity index is 0.000000525. The van der Waals surface area contributed by atoms with Crippen molar-refractivity contribution in [2.24, 2.45) is 0 Å². The molecule has 3 rings (SSSR count). The maximum atomic E-state index is 11.2. The van der Waals surface area contributed by atoms with Crippen LogP contribution in [0.15, 0.2) is 60.7 Å². The molecule has 3 aromatic rings. The fraction of sp³-hybridized carbons (Fsp3) is 0.367. The second kappa shape index (κ2) is 20.5. The van der Waals surface area contributed by atoms with Crippen LogP contribution in [0.2, 0.25) is 0 Å². The molecule has 0 saturated heterocycles. The second-order valence-corrected chi connectivity index (χ2v) is 7.91. The molecule has 38 heavy (non-hydrogen) atoms. The SMILES string of the molecule is COCCC(C)=O.COCOC.COc1ccc(C(C)=O)cc1.COc1ccc2cc(C(C)=O)ccc2c1. The predicted octanol–water partition coefficient (Wildman–Crippen LogP) is 5.80. The van der Waals surface area contributed by atoms with Crippen molar-refractivity contribution in [3.63, 3.8) is 0 Å². The van der Waals surface area contributed by atoms with E-state index in [0.717, 1.165) is 27.8 Å². The average Bonchev–Trinajstić information content (AvgIpc) is 2.92. The lowest BCUT2D eigenvalue weighted by atomic mass is 10.0. The maximum absolute atomic E-state index is 11.2. The Kier molecular flexibility index (Phi) is 18.5. The molecule has 8 nitrogen and oxygen atoms in total. The number of hydrogen-bond donors (Lipinski definition) is 0. The molecule has 0 bridgehead atoms. The Hall–Kier alpha value is -3.59. The Morgan fingerprint density at radius 1 is 0.579 bits per heavy atom. The molecule has 0 amide bonds. The molecule has 8 heteroatoms. The molecule has 0 aromatic heterocycles. The van der Waals surface area contributed by atoms with Gasteiger partial charge >= 0.3 is 0 Å². The van der Waals surface area contributed by atoms with Crippen LogP contribution in [0.1, 0.15) is 47.9 Å². The van der Waals surface area contributed by atoms with E-state index in [1.54, 1.807) is 80.6 Å². The number of methoxy groups -OCH3 is 5. The molecule has 3 aromatic carbocycles. The monoisotopic (exact) mass is 528 g/mol. The van der Waals surface area contributed by atoms with Gasteiger partial charge in [0.25, 0.3) is 0 Å². The van der Waals surface area contributed by atoms with E-state index in [1.165, 1.54) is 0 Å². The number of carbonyl (C=O) groups excluding carboxylic acids is 3. The highest BCUT2D eigenvalue weighted by atomic mass is 16.6. The maximum Gasteiger partial charge on any atom is 0.159 e. The zero-order chi connectivity index (χ0) is 28.9. The van der Waals surface area contributed by atoms with Crippen molar-refractivity contribution in [2.75, 3.05) is 48.9 Å². The fourth-order valence-corrected chi connectivity index (χ4v) is 2.76. The first-order valence-corrected chi connectivity index (χ1v) is 11.8. The van der Waals surface area contributed by atoms with Crippen molar-refractivity contribution in [3.8, 4) is 11.5 Å². The predicted molar refractivity (Wildman–Crippen MR) is 150 cm³/mol. The molecule has 0 aliphatic carbocycles. The van der Waals surface area contributed by atoms with E-state index in [4.69, 9.17) is 9.47 Å². The molecule has 0 heterocycles. The molecule has 0 spiro atoms. The van der Waals surface area contributed by atoms with E-state index < -0.39 is 0 Å². The van der Waals surface area contributed by atoms with Gasteiger partial charge in [-0.2, -0.15) is 0 Å². The third kappa shape index (κ3) is 14.8. The summed E-state index contributed by atoms with van der Waals surface area (Å²) >= 11 is 0. The molecule has 0 fully saturated rings. The van der Waals surface area contributed by atoms with Crippen LogP contribution < -0.4 is 9.47 Å². The zero-order valence-electron chi connectivity index (χ0n) is 23.7. The Bertz CT molecular complexity index is 1100. The highest BCUT2D eigenvalue weighted by molar-refractivity contribution is 5.98. The van der Waals surface area contributed by atoms with E-state index in [-0.39, 0.29) is 17.3 Å². The third-order valence-corrected chi connectivity index (χ3v) is 4.84. The molecule has 0 atom stereocenters. The van der Waals surface area contributed by atoms with E-state index in [0.29, 0.717) is 25.4 Å². The Morgan fingerprint density at radius 3 is 1.45 bits per heavy atom. The van der Waals surface area contributed by atoms with Gasteiger partial charge in [-0.3, -0.25) is 14.4 Å². The van der Waals surface area contributed by atoms with Gasteiger partial charge in [-0.05, 0) is 74.0 Å². The highest BCUT2D eigenvalue weighted by Crippen LogP contribution is 2.21. The summed E-state index contributed by atoms with van der Waals surface area (Å²) in [6, 6.07) is 18.5. The van der Waals surface area contributed by atoms with Gasteiger partial charge < -0.3 is 23.7 Å². The molecule has 0 aliphatic heterocycles. The van der Waals surface area contributed by atoms with Gasteiger partial charge in [0.05, 0.1) is 20.8 Å². The first kappa shape index (κ1) is 34.4. The van der Waals surface area contributed by atoms with Crippen molar-refractivity contribution >= 4 is 28.1 Å². The van der Waals surface area contributed by atoms with Crippen LogP contribution in [0.5, 0.6) is 11.5 Å². The number of ether oxygens (including phenoxy) is 5. The molecule has 0 unspecified atom stereocenters. The molecule has 0 saturated carbocycles. The quantitative estimate of drug-likeness (QED) is 0.254. The van der Waals surface area contributed by atoms with Crippen LogP contribution in [0, 0.1) is 0 Å². The number of Topliss-reactive ketones (excluding diaryl/α,β-unsaturated/α-hetero) is 3. The molecular weight excluding hydrogens is 488 g/mol. The first-order valence-electron chi connectivity index (χ1n) is 11.8. The standard InChI is InChI=1S/C13H12O2.C9H10O2.C5H10O2.C3H8O2/c1-9(14)10-3-4-12-8-13(15-2)6-5-11(12)7-10;1-7(10)8-3-5-9(11-2)6-4-8;1-5(6)3-4-7-2;1-4-3-5-2/h3-8H,1-2H3;3-6H,1-2H3;3-4H2,1-2H3;3H2,1-2H3. The lowest BCUT2D eigenvalue weighted by molar-refractivity contribution is -0.117. The van der Waals surface area contributed by atoms with Gasteiger partial charge in [0.15, 0.2) is 11.6 Å². The summed E-state index contributed by atoms with van der Waals surface area (Å²) in [5.74, 6) is 1.95. The van der Waals surface area contributed by atoms with Gasteiger partial charge in [0.1, 0.15) is 24.1 Å². The second-order valence-electron chi connectivity index (χ2n) is 7.91. The van der Waals surface area contributed by atoms with Crippen LogP contribution >= 0.6 is 0 Å². The summed E-state index contributed by atoms with van der Waals surface area (Å²) in [4.78, 5) is 32.1. The third-order valence-electron chi connectivity index (χ3n) is 4.84. The van der Waals surface area contributed by atoms with Crippen LogP contribution in [-0.4, -0.2) is 66.3 Å². The Labute approximate surface area is 225 Å². The molecule has 0 aliphatic rings. The van der Waals surface area contributed by atoms with Crippen molar-refractivity contribution in [1.82, 2.24) is 0 Å². The number of benzene rings is 3. The molecule has 208 valence electrons. The van der Waals surface area contributed by atoms with Crippen LogP contribution in [0.4, 0.5) is 0 Å². The van der Waals surface area contributed by atoms with Gasteiger partial charge in [-0.1, -0.05) is 18.2 Å². The minimum absolute atomic E-state index is 0.0765. The summed E-state index contributed by atoms with van der Waals surface area (Å²) in [5, 5.41) is 2.14. The summed E-state index contributed by atoms with van der Waals surface area (Å²) in [7, 11) is 8.00. The average molecular weight is 529 g/mol. The smallest absolute Gasteiger partial charge is 0.159 e. The van der Waals surface area contributed by atoms with Crippen molar-refractivity contribution in [2.45, 2.75) is 27.2 Å². The summed E-state index contributed by atoms with van der Waals surface area (Å²) < 4.78 is 23.6. The number of fused-ring (bicyclic) bond motifs is 1. The number of rotatable bonds is 9. The minimum Gasteiger partial charge on any atom is -0.497 e. The van der Waals surface area contributed by atoms with Gasteiger partial charge in [0.2, 0.25) is 0 Å². The van der Waals surface area contributed by atoms with Crippen molar-refractivity contribution in [1.29, 1.82) is 0 Å². The minimum atomic E-state index is 0.0765. The fourth-order valence-electron chi connectivity index (χ4n) is 2.76. The van der Waals surface area contributed by atoms with Crippen molar-refractivity contribution < 1.29 is 38.1 Å². The molecule has 0 N–H and O–H groups in total. The number of hydrogen-bond acceptors (Lipinski definition) is 8. The Morgan fingerprint density at radius 2 is 1.05 bits per heavy atom. The van der Waals surface area contributed by atoms with E-state index in [9.17, 15) is 14.4 Å². The zero-order valence-corrected chi connectivity index (χ0v) is 23.7. The van der Waals surface area contributed by atoms with Crippen LogP contribution in [0.25, 0.3) is 10.8 Å². The summed E-state index contributed by atoms with van der Waals surface area (Å²) in [5.41, 5.74) is 1.46. The highest BCUT2D eigenvalue weighted by Gasteiger charge is 2.01. The van der Waals surface area contributed by atoms with E-state index in [2.05, 4.69) is 14.2 Å². The first-order chi connectivity index (χ1) is 18.1. The van der Waals surface area contributed by atoms with Crippen LogP contribution in [0.3, 0.4) is 0 Å². The molecule has 0 radical (unpaired) electrons. The molecular formula is C30H40O8. The van der Waals surface area contributed by atoms with Gasteiger partial charge in [-0.15, -0.1) is 0 Å². The lowest BCUT2D eigenvalue weighted by Crippen LogP contribution is -1.95. The van der Waals surface area contributed by atoms with Crippen LogP contribution in [-0.2, 0) is 19.0 Å². The topological polar surface area (TPSA) is 97.4 Å². The van der Waals surface area contributed by atoms with E-state index >= 15 is 0 Å². The summed E-state index contributed by atoms with van der Waals surface area (Å²) in [6.07, 6.45) is 0.538. The van der Waals surface area contributed by atoms with Gasteiger partial charge in [0, 0.05) is 38.9 Å². The lowest BCUT2D eigenvalue weighted by Gasteiger charge is -2.03. The largest absolute Gasteiger partial charge is 0.497 e. The summed E-state index contributed by atoms with van der Waals surface area (Å²) in [6.45, 7) is 5.61. The van der Waals surface area contributed by atoms with E-state index in [1.807, 2.05) is 36.4 Å².